The van der Waals surface area contributed by atoms with Crippen LogP contribution in [0.15, 0.2) is 48.5 Å². The SMILES string of the molecule is C[C@@H](NC(=O)C1(c2ccc(Cl)cc2)CC1)c1ccccc1O. The molecule has 1 aliphatic rings. The number of para-hydroxylation sites is 1. The van der Waals surface area contributed by atoms with E-state index in [1.165, 1.54) is 0 Å². The zero-order valence-electron chi connectivity index (χ0n) is 12.3. The minimum Gasteiger partial charge on any atom is -0.508 e. The van der Waals surface area contributed by atoms with E-state index in [0.29, 0.717) is 5.02 Å². The number of rotatable bonds is 4. The summed E-state index contributed by atoms with van der Waals surface area (Å²) in [6, 6.07) is 14.3. The number of hydrogen-bond acceptors (Lipinski definition) is 2. The molecule has 0 heterocycles. The molecule has 3 rings (SSSR count). The Bertz CT molecular complexity index is 692. The van der Waals surface area contributed by atoms with E-state index in [0.717, 1.165) is 24.0 Å². The van der Waals surface area contributed by atoms with Crippen LogP contribution < -0.4 is 5.32 Å². The third-order valence-electron chi connectivity index (χ3n) is 4.33. The Balaban J connectivity index is 1.77. The van der Waals surface area contributed by atoms with E-state index in [1.54, 1.807) is 12.1 Å². The van der Waals surface area contributed by atoms with Gasteiger partial charge in [-0.25, -0.2) is 0 Å². The number of benzene rings is 2. The van der Waals surface area contributed by atoms with Gasteiger partial charge in [-0.1, -0.05) is 41.9 Å². The van der Waals surface area contributed by atoms with Gasteiger partial charge in [0.1, 0.15) is 5.75 Å². The van der Waals surface area contributed by atoms with Gasteiger partial charge in [0, 0.05) is 10.6 Å². The summed E-state index contributed by atoms with van der Waals surface area (Å²) in [7, 11) is 0. The van der Waals surface area contributed by atoms with Crippen LogP contribution in [0.25, 0.3) is 0 Å². The molecule has 0 bridgehead atoms. The van der Waals surface area contributed by atoms with Gasteiger partial charge in [0.05, 0.1) is 11.5 Å². The third kappa shape index (κ3) is 2.69. The number of carbonyl (C=O) groups is 1. The van der Waals surface area contributed by atoms with Gasteiger partial charge in [0.2, 0.25) is 5.91 Å². The molecule has 3 nitrogen and oxygen atoms in total. The first-order valence-corrected chi connectivity index (χ1v) is 7.76. The van der Waals surface area contributed by atoms with Crippen molar-refractivity contribution in [2.24, 2.45) is 0 Å². The van der Waals surface area contributed by atoms with E-state index in [-0.39, 0.29) is 17.7 Å². The second-order valence-corrected chi connectivity index (χ2v) is 6.28. The Morgan fingerprint density at radius 2 is 1.82 bits per heavy atom. The maximum Gasteiger partial charge on any atom is 0.231 e. The first kappa shape index (κ1) is 14.9. The Morgan fingerprint density at radius 1 is 1.18 bits per heavy atom. The van der Waals surface area contributed by atoms with E-state index < -0.39 is 5.41 Å². The number of hydrogen-bond donors (Lipinski definition) is 2. The van der Waals surface area contributed by atoms with Crippen LogP contribution >= 0.6 is 11.6 Å². The summed E-state index contributed by atoms with van der Waals surface area (Å²) >= 11 is 5.92. The van der Waals surface area contributed by atoms with E-state index in [4.69, 9.17) is 11.6 Å². The predicted molar refractivity (Wildman–Crippen MR) is 87.0 cm³/mol. The quantitative estimate of drug-likeness (QED) is 0.897. The molecule has 0 unspecified atom stereocenters. The summed E-state index contributed by atoms with van der Waals surface area (Å²) < 4.78 is 0. The lowest BCUT2D eigenvalue weighted by atomic mass is 9.94. The zero-order valence-corrected chi connectivity index (χ0v) is 13.1. The van der Waals surface area contributed by atoms with Gasteiger partial charge in [-0.05, 0) is 43.5 Å². The lowest BCUT2D eigenvalue weighted by molar-refractivity contribution is -0.124. The molecular weight excluding hydrogens is 298 g/mol. The second-order valence-electron chi connectivity index (χ2n) is 5.84. The van der Waals surface area contributed by atoms with Crippen LogP contribution in [-0.2, 0) is 10.2 Å². The number of phenolic OH excluding ortho intramolecular Hbond substituents is 1. The fourth-order valence-electron chi connectivity index (χ4n) is 2.81. The highest BCUT2D eigenvalue weighted by Gasteiger charge is 2.51. The smallest absolute Gasteiger partial charge is 0.231 e. The van der Waals surface area contributed by atoms with E-state index in [1.807, 2.05) is 43.3 Å². The Morgan fingerprint density at radius 3 is 2.41 bits per heavy atom. The molecule has 1 amide bonds. The highest BCUT2D eigenvalue weighted by molar-refractivity contribution is 6.30. The molecule has 1 fully saturated rings. The van der Waals surface area contributed by atoms with E-state index >= 15 is 0 Å². The van der Waals surface area contributed by atoms with Gasteiger partial charge in [0.15, 0.2) is 0 Å². The van der Waals surface area contributed by atoms with Gasteiger partial charge in [-0.2, -0.15) is 0 Å². The second kappa shape index (κ2) is 5.65. The number of carbonyl (C=O) groups excluding carboxylic acids is 1. The molecule has 114 valence electrons. The van der Waals surface area contributed by atoms with Crippen molar-refractivity contribution in [1.29, 1.82) is 0 Å². The molecule has 0 radical (unpaired) electrons. The van der Waals surface area contributed by atoms with Crippen molar-refractivity contribution in [3.8, 4) is 5.75 Å². The number of amides is 1. The summed E-state index contributed by atoms with van der Waals surface area (Å²) in [6.07, 6.45) is 1.68. The lowest BCUT2D eigenvalue weighted by Crippen LogP contribution is -2.36. The molecule has 1 saturated carbocycles. The highest BCUT2D eigenvalue weighted by Crippen LogP contribution is 2.49. The fraction of sp³-hybridized carbons (Fsp3) is 0.278. The predicted octanol–water partition coefficient (Wildman–Crippen LogP) is 3.95. The molecule has 1 atom stereocenters. The normalized spacial score (nSPS) is 16.8. The maximum atomic E-state index is 12.7. The summed E-state index contributed by atoms with van der Waals surface area (Å²) in [6.45, 7) is 1.88. The molecule has 0 aromatic heterocycles. The molecule has 4 heteroatoms. The Hall–Kier alpha value is -2.00. The number of aromatic hydroxyl groups is 1. The van der Waals surface area contributed by atoms with Crippen molar-refractivity contribution in [1.82, 2.24) is 5.32 Å². The standard InChI is InChI=1S/C18H18ClNO2/c1-12(15-4-2-3-5-16(15)21)20-17(22)18(10-11-18)13-6-8-14(19)9-7-13/h2-9,12,21H,10-11H2,1H3,(H,20,22)/t12-/m1/s1. The molecule has 22 heavy (non-hydrogen) atoms. The van der Waals surface area contributed by atoms with Crippen molar-refractivity contribution >= 4 is 17.5 Å². The number of halogens is 1. The van der Waals surface area contributed by atoms with Crippen molar-refractivity contribution in [3.63, 3.8) is 0 Å². The van der Waals surface area contributed by atoms with Crippen LogP contribution in [0, 0.1) is 0 Å². The van der Waals surface area contributed by atoms with Gasteiger partial charge < -0.3 is 10.4 Å². The monoisotopic (exact) mass is 315 g/mol. The third-order valence-corrected chi connectivity index (χ3v) is 4.58. The van der Waals surface area contributed by atoms with Crippen molar-refractivity contribution in [2.45, 2.75) is 31.2 Å². The molecule has 2 aromatic carbocycles. The topological polar surface area (TPSA) is 49.3 Å². The molecule has 1 aliphatic carbocycles. The first-order chi connectivity index (χ1) is 10.5. The van der Waals surface area contributed by atoms with Crippen LogP contribution in [0.2, 0.25) is 5.02 Å². The van der Waals surface area contributed by atoms with E-state index in [9.17, 15) is 9.90 Å². The average Bonchev–Trinajstić information content (AvgIpc) is 3.30. The maximum absolute atomic E-state index is 12.7. The molecule has 0 spiro atoms. The highest BCUT2D eigenvalue weighted by atomic mass is 35.5. The largest absolute Gasteiger partial charge is 0.508 e. The minimum absolute atomic E-state index is 0.00516. The van der Waals surface area contributed by atoms with Crippen molar-refractivity contribution in [3.05, 3.63) is 64.7 Å². The summed E-state index contributed by atoms with van der Waals surface area (Å²) in [5.41, 5.74) is 1.28. The first-order valence-electron chi connectivity index (χ1n) is 7.38. The van der Waals surface area contributed by atoms with Crippen LogP contribution in [0.5, 0.6) is 5.75 Å². The molecule has 0 saturated heterocycles. The Kier molecular flexibility index (Phi) is 3.83. The summed E-state index contributed by atoms with van der Waals surface area (Å²) in [5, 5.41) is 13.6. The van der Waals surface area contributed by atoms with Crippen molar-refractivity contribution < 1.29 is 9.90 Å². The van der Waals surface area contributed by atoms with Crippen LogP contribution in [0.4, 0.5) is 0 Å². The van der Waals surface area contributed by atoms with E-state index in [2.05, 4.69) is 5.32 Å². The Labute approximate surface area is 134 Å². The van der Waals surface area contributed by atoms with Crippen molar-refractivity contribution in [2.75, 3.05) is 0 Å². The summed E-state index contributed by atoms with van der Waals surface area (Å²) in [5.74, 6) is 0.206. The van der Waals surface area contributed by atoms with Gasteiger partial charge in [0.25, 0.3) is 0 Å². The van der Waals surface area contributed by atoms with Crippen LogP contribution in [0.1, 0.15) is 36.9 Å². The van der Waals surface area contributed by atoms with Crippen LogP contribution in [-0.4, -0.2) is 11.0 Å². The summed E-state index contributed by atoms with van der Waals surface area (Å²) in [4.78, 5) is 12.7. The van der Waals surface area contributed by atoms with Gasteiger partial charge in [-0.3, -0.25) is 4.79 Å². The van der Waals surface area contributed by atoms with Gasteiger partial charge in [-0.15, -0.1) is 0 Å². The lowest BCUT2D eigenvalue weighted by Gasteiger charge is -2.21. The fourth-order valence-corrected chi connectivity index (χ4v) is 2.93. The molecular formula is C18H18ClNO2. The number of phenols is 1. The average molecular weight is 316 g/mol. The van der Waals surface area contributed by atoms with Crippen LogP contribution in [0.3, 0.4) is 0 Å². The number of nitrogens with one attached hydrogen (secondary N) is 1. The zero-order chi connectivity index (χ0) is 15.7. The van der Waals surface area contributed by atoms with Gasteiger partial charge >= 0.3 is 0 Å². The molecule has 2 aromatic rings. The minimum atomic E-state index is -0.441. The molecule has 0 aliphatic heterocycles. The molecule has 2 N–H and O–H groups in total.